The van der Waals surface area contributed by atoms with Gasteiger partial charge in [0.05, 0.1) is 43.7 Å². The van der Waals surface area contributed by atoms with Crippen molar-refractivity contribution in [2.24, 2.45) is 29.4 Å². The van der Waals surface area contributed by atoms with Crippen molar-refractivity contribution in [2.75, 3.05) is 52.1 Å². The second-order valence-corrected chi connectivity index (χ2v) is 22.6. The fraction of sp³-hybridized carbons (Fsp3) is 0.589. The number of hydrogen-bond acceptors (Lipinski definition) is 16. The minimum absolute atomic E-state index is 0.0233. The van der Waals surface area contributed by atoms with E-state index >= 15 is 0 Å². The van der Waals surface area contributed by atoms with Crippen LogP contribution in [0.3, 0.4) is 0 Å². The highest BCUT2D eigenvalue weighted by Gasteiger charge is 2.43. The zero-order valence-corrected chi connectivity index (χ0v) is 49.3. The summed E-state index contributed by atoms with van der Waals surface area (Å²) < 4.78 is 4.72. The van der Waals surface area contributed by atoms with E-state index in [4.69, 9.17) is 10.5 Å². The first kappa shape index (κ1) is 66.9. The molecule has 3 aliphatic heterocycles. The molecule has 0 saturated carbocycles. The van der Waals surface area contributed by atoms with Crippen LogP contribution in [0.1, 0.15) is 97.6 Å². The summed E-state index contributed by atoms with van der Waals surface area (Å²) in [5.74, 6) is -11.0. The van der Waals surface area contributed by atoms with Gasteiger partial charge in [-0.1, -0.05) is 53.5 Å². The number of esters is 1. The number of likely N-dealkylation sites (tertiary alicyclic amines) is 1. The number of primary amides is 1. The number of methoxy groups -OCH3 is 1. The van der Waals surface area contributed by atoms with Gasteiger partial charge in [-0.2, -0.15) is 0 Å². The molecular weight excluding hydrogens is 1110 g/mol. The Hall–Kier alpha value is -7.88. The van der Waals surface area contributed by atoms with Gasteiger partial charge >= 0.3 is 5.97 Å². The number of nitrogens with two attached hydrogens (primary N) is 1. The van der Waals surface area contributed by atoms with Crippen molar-refractivity contribution in [3.05, 3.63) is 41.5 Å². The lowest BCUT2D eigenvalue weighted by molar-refractivity contribution is -0.148. The molecular formula is C56H80N12O15S. The molecule has 12 amide bonds. The Bertz CT molecular complexity index is 2820. The molecule has 1 aromatic heterocycles. The Morgan fingerprint density at radius 1 is 0.869 bits per heavy atom. The zero-order valence-electron chi connectivity index (χ0n) is 48.5. The fourth-order valence-corrected chi connectivity index (χ4v) is 10.9. The number of hydrogen-bond donors (Lipinski definition) is 11. The third-order valence-corrected chi connectivity index (χ3v) is 16.4. The first-order chi connectivity index (χ1) is 39.8. The van der Waals surface area contributed by atoms with Crippen LogP contribution in [-0.2, 0) is 79.9 Å². The van der Waals surface area contributed by atoms with E-state index in [9.17, 15) is 67.4 Å². The van der Waals surface area contributed by atoms with Crippen molar-refractivity contribution in [2.45, 2.75) is 141 Å². The number of benzene rings is 1. The maximum absolute atomic E-state index is 14.8. The smallest absolute Gasteiger partial charge is 0.306 e. The number of carbonyl (C=O) groups excluding carboxylic acids is 13. The summed E-state index contributed by atoms with van der Waals surface area (Å²) in [7, 11) is 1.18. The number of aliphatic hydroxyl groups excluding tert-OH is 1. The standard InChI is InChI=1S/C56H80N12O15S/c1-8-29(3)37-24-59-43(71)25-61-52(79)39(64-54(81)48(30(4)9-2)66-53(80)41-22-34(69)27-68(41)56(82)31(5)20-47(75)83-7)23-36-35-21-33(14-15-38(35)65-55(36)84-28-40(49(57)76)63-44(72)26-60-51(37)78)12-10-18-58-50(77)32(6)62-42(70)13-11-19-67-45(73)16-17-46(67)74/h14-17,21,29-32,34,37,39-41,48,65,69H,8-13,18-20,22-28H2,1-7H3,(H2,57,76)(H,58,77)(H,59,71)(H,60,78)(H,61,79)(H,62,70)(H,63,72)(H,64,81)(H,66,80)/t29-,30?,31-,32?,34+,37-,39+,40-,41-,48-/m0/s1. The molecule has 0 aliphatic carbocycles. The zero-order chi connectivity index (χ0) is 61.9. The molecule has 1 fully saturated rings. The van der Waals surface area contributed by atoms with Gasteiger partial charge < -0.3 is 68.0 Å². The van der Waals surface area contributed by atoms with Gasteiger partial charge in [-0.15, -0.1) is 11.8 Å². The van der Waals surface area contributed by atoms with Crippen molar-refractivity contribution < 1.29 is 72.2 Å². The van der Waals surface area contributed by atoms with Crippen LogP contribution < -0.4 is 48.3 Å². The molecule has 0 bridgehead atoms. The number of β-amino-alcohol motifs (C(OH)–C–C–N with tert-alkyl or cyclic N) is 1. The van der Waals surface area contributed by atoms with Crippen LogP contribution in [0.2, 0.25) is 0 Å². The number of aromatic nitrogens is 1. The molecule has 28 heteroatoms. The summed E-state index contributed by atoms with van der Waals surface area (Å²) in [4.78, 5) is 177. The molecule has 5 rings (SSSR count). The van der Waals surface area contributed by atoms with Crippen molar-refractivity contribution in [1.29, 1.82) is 0 Å². The van der Waals surface area contributed by atoms with E-state index in [1.54, 1.807) is 26.8 Å². The normalized spacial score (nSPS) is 21.8. The third-order valence-electron chi connectivity index (χ3n) is 15.3. The first-order valence-corrected chi connectivity index (χ1v) is 29.3. The van der Waals surface area contributed by atoms with Crippen molar-refractivity contribution >= 4 is 99.5 Å². The minimum Gasteiger partial charge on any atom is -0.469 e. The number of rotatable bonds is 22. The maximum atomic E-state index is 14.8. The number of thioether (sulfide) groups is 1. The van der Waals surface area contributed by atoms with Crippen molar-refractivity contribution in [3.63, 3.8) is 0 Å². The Kier molecular flexibility index (Phi) is 25.2. The quantitative estimate of drug-likeness (QED) is 0.0353. The SMILES string of the molecule is CCC(C)[C@H](NC(=O)[C@@H]1C[C@@H](O)CN1C(=O)[C@@H](C)CC(=O)OC)C(=O)N[C@@H]1Cc2c([nH]c3ccc(CCCNC(=O)C(C)NC(=O)CCCN4C(=O)C=CC4=O)cc23)SC[C@@H](C(N)=O)NC(=O)CNC(=O)[C@H]([C@@H](C)CC)CNC(=O)CNC1=O. The molecule has 2 aromatic rings. The number of fused-ring (bicyclic) bond motifs is 3. The summed E-state index contributed by atoms with van der Waals surface area (Å²) in [6, 6.07) is -0.760. The lowest BCUT2D eigenvalue weighted by Crippen LogP contribution is -2.59. The summed E-state index contributed by atoms with van der Waals surface area (Å²) >= 11 is 1.07. The molecule has 1 saturated heterocycles. The fourth-order valence-electron chi connectivity index (χ4n) is 9.79. The van der Waals surface area contributed by atoms with Crippen LogP contribution in [-0.4, -0.2) is 185 Å². The van der Waals surface area contributed by atoms with Crippen LogP contribution in [0.25, 0.3) is 10.9 Å². The Morgan fingerprint density at radius 3 is 2.23 bits per heavy atom. The van der Waals surface area contributed by atoms with Gasteiger partial charge in [-0.05, 0) is 61.3 Å². The number of imide groups is 1. The van der Waals surface area contributed by atoms with Crippen molar-refractivity contribution in [1.82, 2.24) is 57.3 Å². The van der Waals surface area contributed by atoms with Gasteiger partial charge in [0.15, 0.2) is 0 Å². The highest BCUT2D eigenvalue weighted by atomic mass is 32.2. The average molecular weight is 1190 g/mol. The van der Waals surface area contributed by atoms with Crippen LogP contribution in [0.4, 0.5) is 0 Å². The summed E-state index contributed by atoms with van der Waals surface area (Å²) in [6.07, 6.45) is 2.39. The molecule has 4 heterocycles. The van der Waals surface area contributed by atoms with E-state index < -0.39 is 144 Å². The number of aliphatic hydroxyl groups is 1. The second kappa shape index (κ2) is 31.7. The molecule has 0 radical (unpaired) electrons. The summed E-state index contributed by atoms with van der Waals surface area (Å²) in [5, 5.41) is 33.1. The molecule has 0 spiro atoms. The molecule has 84 heavy (non-hydrogen) atoms. The predicted molar refractivity (Wildman–Crippen MR) is 305 cm³/mol. The van der Waals surface area contributed by atoms with Gasteiger partial charge in [0.1, 0.15) is 30.2 Å². The minimum atomic E-state index is -1.48. The molecule has 10 atom stereocenters. The second-order valence-electron chi connectivity index (χ2n) is 21.5. The number of amides is 12. The lowest BCUT2D eigenvalue weighted by Gasteiger charge is -2.30. The number of carbonyl (C=O) groups is 13. The van der Waals surface area contributed by atoms with E-state index in [-0.39, 0.29) is 70.0 Å². The van der Waals surface area contributed by atoms with E-state index in [2.05, 4.69) is 47.5 Å². The van der Waals surface area contributed by atoms with Crippen LogP contribution in [0, 0.1) is 23.7 Å². The third kappa shape index (κ3) is 18.8. The van der Waals surface area contributed by atoms with Crippen LogP contribution in [0.15, 0.2) is 35.4 Å². The predicted octanol–water partition coefficient (Wildman–Crippen LogP) is -1.77. The van der Waals surface area contributed by atoms with Gasteiger partial charge in [0, 0.05) is 80.2 Å². The molecule has 12 N–H and O–H groups in total. The first-order valence-electron chi connectivity index (χ1n) is 28.3. The van der Waals surface area contributed by atoms with E-state index in [1.165, 1.54) is 21.0 Å². The molecule has 460 valence electrons. The van der Waals surface area contributed by atoms with E-state index in [0.29, 0.717) is 47.2 Å². The lowest BCUT2D eigenvalue weighted by atomic mass is 9.90. The number of aromatic amines is 1. The van der Waals surface area contributed by atoms with Gasteiger partial charge in [0.25, 0.3) is 11.8 Å². The maximum Gasteiger partial charge on any atom is 0.306 e. The number of aryl methyl sites for hydroxylation is 1. The monoisotopic (exact) mass is 1190 g/mol. The van der Waals surface area contributed by atoms with Gasteiger partial charge in [-0.3, -0.25) is 67.2 Å². The highest BCUT2D eigenvalue weighted by molar-refractivity contribution is 7.99. The van der Waals surface area contributed by atoms with Gasteiger partial charge in [0.2, 0.25) is 59.1 Å². The average Bonchev–Trinajstić information content (AvgIpc) is 3.77. The number of ether oxygens (including phenoxy) is 1. The van der Waals surface area contributed by atoms with E-state index in [0.717, 1.165) is 39.3 Å². The van der Waals surface area contributed by atoms with Gasteiger partial charge in [-0.25, -0.2) is 0 Å². The van der Waals surface area contributed by atoms with Crippen molar-refractivity contribution in [3.8, 4) is 0 Å². The summed E-state index contributed by atoms with van der Waals surface area (Å²) in [6.45, 7) is 8.89. The van der Waals surface area contributed by atoms with E-state index in [1.807, 2.05) is 19.1 Å². The Labute approximate surface area is 491 Å². The molecule has 27 nitrogen and oxygen atoms in total. The van der Waals surface area contributed by atoms with Crippen LogP contribution >= 0.6 is 11.8 Å². The number of H-pyrrole nitrogens is 1. The summed E-state index contributed by atoms with van der Waals surface area (Å²) in [5.41, 5.74) is 7.59. The van der Waals surface area contributed by atoms with Crippen LogP contribution in [0.5, 0.6) is 0 Å². The largest absolute Gasteiger partial charge is 0.469 e. The Balaban J connectivity index is 1.43. The number of nitrogens with zero attached hydrogens (tertiary/aromatic N) is 2. The number of nitrogens with one attached hydrogen (secondary N) is 9. The topological polar surface area (TPSA) is 396 Å². The molecule has 1 aromatic carbocycles. The highest BCUT2D eigenvalue weighted by Crippen LogP contribution is 2.33. The molecule has 2 unspecified atom stereocenters. The Morgan fingerprint density at radius 2 is 1.56 bits per heavy atom. The molecule has 3 aliphatic rings.